The van der Waals surface area contributed by atoms with Gasteiger partial charge in [-0.2, -0.15) is 8.78 Å². The van der Waals surface area contributed by atoms with Crippen molar-refractivity contribution in [1.82, 2.24) is 0 Å². The summed E-state index contributed by atoms with van der Waals surface area (Å²) in [6, 6.07) is 0. The number of phenols is 1. The van der Waals surface area contributed by atoms with Crippen molar-refractivity contribution in [2.24, 2.45) is 0 Å². The number of aromatic hydroxyl groups is 1. The van der Waals surface area contributed by atoms with Gasteiger partial charge in [0.2, 0.25) is 17.5 Å². The molecule has 0 saturated carbocycles. The van der Waals surface area contributed by atoms with E-state index in [-0.39, 0.29) is 0 Å². The Morgan fingerprint density at radius 1 is 0.364 bits per heavy atom. The van der Waals surface area contributed by atoms with Crippen LogP contribution < -0.4 is 0 Å². The van der Waals surface area contributed by atoms with Gasteiger partial charge in [0.15, 0.2) is 40.7 Å². The van der Waals surface area contributed by atoms with E-state index in [1.807, 2.05) is 0 Å². The predicted octanol–water partition coefficient (Wildman–Crippen LogP) is 4.31. The fourth-order valence-electron chi connectivity index (χ4n) is 1.66. The van der Waals surface area contributed by atoms with Crippen molar-refractivity contribution in [3.05, 3.63) is 52.4 Å². The molecule has 10 heteroatoms. The van der Waals surface area contributed by atoms with Gasteiger partial charge in [-0.1, -0.05) is 0 Å². The maximum atomic E-state index is 13.5. The lowest BCUT2D eigenvalue weighted by molar-refractivity contribution is 0.355. The van der Waals surface area contributed by atoms with Crippen LogP contribution in [0, 0.1) is 52.4 Å². The number of hydrogen-bond donors (Lipinski definition) is 1. The van der Waals surface area contributed by atoms with Crippen LogP contribution in [0.4, 0.5) is 39.5 Å². The molecule has 0 atom stereocenters. The van der Waals surface area contributed by atoms with Crippen LogP contribution in [-0.2, 0) is 0 Å². The van der Waals surface area contributed by atoms with Gasteiger partial charge in [0, 0.05) is 0 Å². The maximum Gasteiger partial charge on any atom is 0.204 e. The van der Waals surface area contributed by atoms with Crippen LogP contribution >= 0.6 is 0 Å². The van der Waals surface area contributed by atoms with Crippen molar-refractivity contribution < 1.29 is 44.6 Å². The molecule has 118 valence electrons. The highest BCUT2D eigenvalue weighted by Gasteiger charge is 2.34. The molecule has 1 N–H and O–H groups in total. The molecule has 2 aromatic carbocycles. The average Bonchev–Trinajstić information content (AvgIpc) is 2.50. The zero-order valence-corrected chi connectivity index (χ0v) is 9.85. The zero-order valence-electron chi connectivity index (χ0n) is 9.85. The molecule has 0 spiro atoms. The van der Waals surface area contributed by atoms with Gasteiger partial charge >= 0.3 is 0 Å². The topological polar surface area (TPSA) is 20.2 Å². The van der Waals surface area contributed by atoms with E-state index in [4.69, 9.17) is 5.11 Å². The summed E-state index contributed by atoms with van der Waals surface area (Å²) >= 11 is 0. The fourth-order valence-corrected chi connectivity index (χ4v) is 1.66. The summed E-state index contributed by atoms with van der Waals surface area (Å²) in [5.74, 6) is -25.3. The lowest BCUT2D eigenvalue weighted by atomic mass is 10.0. The van der Waals surface area contributed by atoms with E-state index in [1.54, 1.807) is 0 Å². The first-order valence-electron chi connectivity index (χ1n) is 5.17. The van der Waals surface area contributed by atoms with Gasteiger partial charge in [0.05, 0.1) is 11.1 Å². The smallest absolute Gasteiger partial charge is 0.204 e. The van der Waals surface area contributed by atoms with E-state index in [1.165, 1.54) is 0 Å². The first-order valence-corrected chi connectivity index (χ1v) is 5.17. The molecule has 0 aliphatic carbocycles. The second-order valence-corrected chi connectivity index (χ2v) is 3.92. The van der Waals surface area contributed by atoms with Crippen molar-refractivity contribution in [1.29, 1.82) is 0 Å². The maximum absolute atomic E-state index is 13.5. The second kappa shape index (κ2) is 5.11. The van der Waals surface area contributed by atoms with Crippen molar-refractivity contribution in [2.45, 2.75) is 0 Å². The summed E-state index contributed by atoms with van der Waals surface area (Å²) in [4.78, 5) is 0. The molecule has 0 fully saturated rings. The molecule has 0 aromatic heterocycles. The molecule has 22 heavy (non-hydrogen) atoms. The number of phenolic OH excluding ortho intramolecular Hbond substituents is 1. The third-order valence-corrected chi connectivity index (χ3v) is 2.70. The van der Waals surface area contributed by atoms with Crippen molar-refractivity contribution in [3.8, 4) is 16.9 Å². The van der Waals surface area contributed by atoms with Gasteiger partial charge in [0.25, 0.3) is 0 Å². The molecule has 0 radical (unpaired) electrons. The monoisotopic (exact) mass is 332 g/mol. The summed E-state index contributed by atoms with van der Waals surface area (Å²) < 4.78 is 119. The molecule has 0 unspecified atom stereocenters. The lowest BCUT2D eigenvalue weighted by Gasteiger charge is -2.12. The molecule has 0 aliphatic rings. The summed E-state index contributed by atoms with van der Waals surface area (Å²) in [6.45, 7) is 0. The van der Waals surface area contributed by atoms with Gasteiger partial charge in [0.1, 0.15) is 0 Å². The molecular weight excluding hydrogens is 331 g/mol. The minimum atomic E-state index is -2.65. The van der Waals surface area contributed by atoms with Crippen molar-refractivity contribution in [3.63, 3.8) is 0 Å². The lowest BCUT2D eigenvalue weighted by Crippen LogP contribution is -2.08. The molecule has 2 rings (SSSR count). The summed E-state index contributed by atoms with van der Waals surface area (Å²) in [7, 11) is 0. The Balaban J connectivity index is 3.03. The first kappa shape index (κ1) is 16.0. The molecular formula is C12HF9O. The molecule has 0 bridgehead atoms. The Morgan fingerprint density at radius 2 is 0.591 bits per heavy atom. The summed E-state index contributed by atoms with van der Waals surface area (Å²) in [5, 5.41) is 8.71. The summed E-state index contributed by atoms with van der Waals surface area (Å²) in [5.41, 5.74) is -4.38. The average molecular weight is 332 g/mol. The van der Waals surface area contributed by atoms with Crippen LogP contribution in [0.15, 0.2) is 0 Å². The second-order valence-electron chi connectivity index (χ2n) is 3.92. The molecule has 0 amide bonds. The van der Waals surface area contributed by atoms with Gasteiger partial charge in [-0.25, -0.2) is 30.7 Å². The Bertz CT molecular complexity index is 675. The molecule has 0 heterocycles. The molecule has 1 nitrogen and oxygen atoms in total. The minimum Gasteiger partial charge on any atom is -0.503 e. The fraction of sp³-hybridized carbons (Fsp3) is 0. The molecule has 2 aromatic rings. The largest absolute Gasteiger partial charge is 0.503 e. The van der Waals surface area contributed by atoms with Crippen molar-refractivity contribution >= 4 is 0 Å². The van der Waals surface area contributed by atoms with E-state index in [0.29, 0.717) is 0 Å². The van der Waals surface area contributed by atoms with Gasteiger partial charge in [-0.15, -0.1) is 0 Å². The Labute approximate surface area is 115 Å². The first-order chi connectivity index (χ1) is 10.1. The third kappa shape index (κ3) is 1.97. The minimum absolute atomic E-state index is 2.15. The number of halogens is 9. The highest BCUT2D eigenvalue weighted by atomic mass is 19.2. The van der Waals surface area contributed by atoms with Crippen LogP contribution in [0.5, 0.6) is 5.75 Å². The van der Waals surface area contributed by atoms with E-state index in [2.05, 4.69) is 0 Å². The quantitative estimate of drug-likeness (QED) is 0.469. The van der Waals surface area contributed by atoms with Crippen LogP contribution in [0.3, 0.4) is 0 Å². The number of benzene rings is 2. The van der Waals surface area contributed by atoms with E-state index in [9.17, 15) is 39.5 Å². The Hall–Kier alpha value is -2.39. The van der Waals surface area contributed by atoms with Crippen LogP contribution in [-0.4, -0.2) is 5.11 Å². The van der Waals surface area contributed by atoms with Crippen LogP contribution in [0.25, 0.3) is 11.1 Å². The SMILES string of the molecule is Oc1c(F)c(F)c(-c2c(F)c(F)c(F)c(F)c2F)c(F)c1F. The van der Waals surface area contributed by atoms with Gasteiger partial charge < -0.3 is 5.11 Å². The van der Waals surface area contributed by atoms with E-state index >= 15 is 0 Å². The zero-order chi connectivity index (χ0) is 16.9. The highest BCUT2D eigenvalue weighted by Crippen LogP contribution is 2.39. The van der Waals surface area contributed by atoms with Gasteiger partial charge in [-0.3, -0.25) is 0 Å². The molecule has 0 aliphatic heterocycles. The predicted molar refractivity (Wildman–Crippen MR) is 53.2 cm³/mol. The van der Waals surface area contributed by atoms with Crippen molar-refractivity contribution in [2.75, 3.05) is 0 Å². The van der Waals surface area contributed by atoms with Crippen LogP contribution in [0.2, 0.25) is 0 Å². The van der Waals surface area contributed by atoms with Crippen LogP contribution in [0.1, 0.15) is 0 Å². The Morgan fingerprint density at radius 3 is 0.909 bits per heavy atom. The normalized spacial score (nSPS) is 11.1. The molecule has 0 saturated heterocycles. The van der Waals surface area contributed by atoms with Gasteiger partial charge in [-0.05, 0) is 0 Å². The summed E-state index contributed by atoms with van der Waals surface area (Å²) in [6.07, 6.45) is 0. The van der Waals surface area contributed by atoms with E-state index in [0.717, 1.165) is 0 Å². The third-order valence-electron chi connectivity index (χ3n) is 2.70. The highest BCUT2D eigenvalue weighted by molar-refractivity contribution is 5.68. The number of rotatable bonds is 1. The Kier molecular flexibility index (Phi) is 3.71. The standard InChI is InChI=1S/C12HF9O/c13-3-1(4(14)8(18)9(19)7(3)17)2-5(15)10(20)12(22)11(21)6(2)16/h22H. The number of hydrogen-bond acceptors (Lipinski definition) is 1. The van der Waals surface area contributed by atoms with E-state index < -0.39 is 69.2 Å².